The number of nitro benzene ring substituents is 1. The molecule has 1 N–H and O–H groups in total. The largest absolute Gasteiger partial charge is 0.477 e. The Morgan fingerprint density at radius 3 is 2.65 bits per heavy atom. The maximum Gasteiger partial charge on any atom is 0.311 e. The summed E-state index contributed by atoms with van der Waals surface area (Å²) in [5.41, 5.74) is 1.84. The highest BCUT2D eigenvalue weighted by Crippen LogP contribution is 2.32. The Labute approximate surface area is 141 Å². The van der Waals surface area contributed by atoms with E-state index in [0.29, 0.717) is 11.3 Å². The molecule has 0 heterocycles. The van der Waals surface area contributed by atoms with E-state index < -0.39 is 10.8 Å². The maximum absolute atomic E-state index is 12.0. The van der Waals surface area contributed by atoms with Gasteiger partial charge in [-0.15, -0.1) is 0 Å². The number of carbonyl (C=O) groups excluding carboxylic acids is 1. The van der Waals surface area contributed by atoms with Crippen molar-refractivity contribution < 1.29 is 14.5 Å². The van der Waals surface area contributed by atoms with Crippen LogP contribution >= 0.6 is 15.9 Å². The Kier molecular flexibility index (Phi) is 5.33. The molecular formula is C16H15BrN2O4. The third-order valence-corrected chi connectivity index (χ3v) is 3.78. The molecule has 0 fully saturated rings. The number of halogens is 1. The topological polar surface area (TPSA) is 81.5 Å². The van der Waals surface area contributed by atoms with Crippen molar-refractivity contribution in [2.75, 3.05) is 11.9 Å². The van der Waals surface area contributed by atoms with Crippen molar-refractivity contribution in [3.63, 3.8) is 0 Å². The lowest BCUT2D eigenvalue weighted by atomic mass is 10.1. The van der Waals surface area contributed by atoms with E-state index in [2.05, 4.69) is 21.2 Å². The maximum atomic E-state index is 12.0. The lowest BCUT2D eigenvalue weighted by Gasteiger charge is -2.11. The summed E-state index contributed by atoms with van der Waals surface area (Å²) in [5.74, 6) is -0.283. The Morgan fingerprint density at radius 1 is 1.30 bits per heavy atom. The number of carbonyl (C=O) groups is 1. The highest BCUT2D eigenvalue weighted by atomic mass is 79.9. The van der Waals surface area contributed by atoms with Gasteiger partial charge in [-0.25, -0.2) is 0 Å². The molecular weight excluding hydrogens is 364 g/mol. The predicted octanol–water partition coefficient (Wildman–Crippen LogP) is 3.99. The normalized spacial score (nSPS) is 10.2. The molecule has 0 spiro atoms. The first kappa shape index (κ1) is 17.0. The fourth-order valence-electron chi connectivity index (χ4n) is 2.14. The smallest absolute Gasteiger partial charge is 0.311 e. The van der Waals surface area contributed by atoms with Crippen LogP contribution in [0, 0.1) is 24.0 Å². The average Bonchev–Trinajstić information content (AvgIpc) is 2.48. The second-order valence-corrected chi connectivity index (χ2v) is 5.86. The summed E-state index contributed by atoms with van der Waals surface area (Å²) >= 11 is 3.33. The molecule has 0 bridgehead atoms. The minimum atomic E-state index is -0.513. The van der Waals surface area contributed by atoms with Crippen molar-refractivity contribution in [1.82, 2.24) is 0 Å². The summed E-state index contributed by atoms with van der Waals surface area (Å²) in [6.45, 7) is 3.16. The van der Waals surface area contributed by atoms with Gasteiger partial charge in [0.15, 0.2) is 6.61 Å². The number of nitro groups is 1. The lowest BCUT2D eigenvalue weighted by Crippen LogP contribution is -2.21. The number of anilines is 1. The summed E-state index contributed by atoms with van der Waals surface area (Å²) in [6.07, 6.45) is 0. The Balaban J connectivity index is 2.10. The van der Waals surface area contributed by atoms with Crippen LogP contribution in [0.5, 0.6) is 5.75 Å². The third-order valence-electron chi connectivity index (χ3n) is 3.09. The highest BCUT2D eigenvalue weighted by Gasteiger charge is 2.19. The molecule has 120 valence electrons. The van der Waals surface area contributed by atoms with Gasteiger partial charge in [-0.1, -0.05) is 18.2 Å². The van der Waals surface area contributed by atoms with Gasteiger partial charge in [0.05, 0.1) is 10.6 Å². The van der Waals surface area contributed by atoms with Gasteiger partial charge in [-0.05, 0) is 53.0 Å². The fourth-order valence-corrected chi connectivity index (χ4v) is 2.53. The van der Waals surface area contributed by atoms with Crippen molar-refractivity contribution >= 4 is 33.2 Å². The van der Waals surface area contributed by atoms with Gasteiger partial charge in [-0.3, -0.25) is 14.9 Å². The van der Waals surface area contributed by atoms with E-state index in [1.165, 1.54) is 6.07 Å². The first-order chi connectivity index (χ1) is 10.9. The molecule has 0 aliphatic rings. The first-order valence-corrected chi connectivity index (χ1v) is 7.60. The molecule has 0 aliphatic heterocycles. The molecule has 0 saturated heterocycles. The quantitative estimate of drug-likeness (QED) is 0.629. The summed E-state index contributed by atoms with van der Waals surface area (Å²) in [7, 11) is 0. The van der Waals surface area contributed by atoms with Crippen LogP contribution in [0.4, 0.5) is 11.4 Å². The molecule has 2 aromatic rings. The van der Waals surface area contributed by atoms with E-state index in [4.69, 9.17) is 4.74 Å². The van der Waals surface area contributed by atoms with Crippen LogP contribution in [0.1, 0.15) is 11.1 Å². The summed E-state index contributed by atoms with van der Waals surface area (Å²) in [6, 6.07) is 10.3. The molecule has 0 unspecified atom stereocenters. The Bertz CT molecular complexity index is 762. The number of ether oxygens (including phenoxy) is 1. The number of nitrogens with one attached hydrogen (secondary N) is 1. The molecule has 0 saturated carbocycles. The third kappa shape index (κ3) is 4.29. The van der Waals surface area contributed by atoms with Gasteiger partial charge in [0.25, 0.3) is 5.91 Å². The fraction of sp³-hybridized carbons (Fsp3) is 0.188. The van der Waals surface area contributed by atoms with E-state index in [-0.39, 0.29) is 18.0 Å². The number of aryl methyl sites for hydroxylation is 2. The van der Waals surface area contributed by atoms with E-state index >= 15 is 0 Å². The number of amides is 1. The van der Waals surface area contributed by atoms with E-state index in [9.17, 15) is 14.9 Å². The van der Waals surface area contributed by atoms with Crippen molar-refractivity contribution in [3.05, 3.63) is 62.1 Å². The molecule has 2 aromatic carbocycles. The number of para-hydroxylation sites is 1. The van der Waals surface area contributed by atoms with Crippen LogP contribution in [-0.2, 0) is 4.79 Å². The number of hydrogen-bond acceptors (Lipinski definition) is 4. The SMILES string of the molecule is Cc1cc(C)c(OCC(=O)Nc2ccccc2Br)c([N+](=O)[O-])c1. The predicted molar refractivity (Wildman–Crippen MR) is 90.8 cm³/mol. The Morgan fingerprint density at radius 2 is 2.00 bits per heavy atom. The van der Waals surface area contributed by atoms with Crippen molar-refractivity contribution in [1.29, 1.82) is 0 Å². The zero-order chi connectivity index (χ0) is 17.0. The van der Waals surface area contributed by atoms with E-state index in [1.807, 2.05) is 6.07 Å². The lowest BCUT2D eigenvalue weighted by molar-refractivity contribution is -0.385. The van der Waals surface area contributed by atoms with Gasteiger partial charge in [0.2, 0.25) is 5.75 Å². The minimum absolute atomic E-state index is 0.114. The Hall–Kier alpha value is -2.41. The molecule has 1 amide bonds. The van der Waals surface area contributed by atoms with Crippen molar-refractivity contribution in [3.8, 4) is 5.75 Å². The van der Waals surface area contributed by atoms with Crippen LogP contribution < -0.4 is 10.1 Å². The van der Waals surface area contributed by atoms with Gasteiger partial charge < -0.3 is 10.1 Å². The van der Waals surface area contributed by atoms with Crippen molar-refractivity contribution in [2.24, 2.45) is 0 Å². The second-order valence-electron chi connectivity index (χ2n) is 5.00. The molecule has 0 aromatic heterocycles. The zero-order valence-electron chi connectivity index (χ0n) is 12.6. The van der Waals surface area contributed by atoms with Gasteiger partial charge in [0, 0.05) is 10.5 Å². The molecule has 0 radical (unpaired) electrons. The van der Waals surface area contributed by atoms with Crippen LogP contribution in [-0.4, -0.2) is 17.4 Å². The van der Waals surface area contributed by atoms with Crippen molar-refractivity contribution in [2.45, 2.75) is 13.8 Å². The van der Waals surface area contributed by atoms with Crippen LogP contribution in [0.25, 0.3) is 0 Å². The van der Waals surface area contributed by atoms with Gasteiger partial charge in [-0.2, -0.15) is 0 Å². The van der Waals surface area contributed by atoms with Crippen LogP contribution in [0.3, 0.4) is 0 Å². The molecule has 0 atom stereocenters. The highest BCUT2D eigenvalue weighted by molar-refractivity contribution is 9.10. The summed E-state index contributed by atoms with van der Waals surface area (Å²) in [5, 5.41) is 13.8. The van der Waals surface area contributed by atoms with Crippen LogP contribution in [0.2, 0.25) is 0 Å². The summed E-state index contributed by atoms with van der Waals surface area (Å²) < 4.78 is 6.13. The molecule has 7 heteroatoms. The average molecular weight is 379 g/mol. The van der Waals surface area contributed by atoms with Gasteiger partial charge >= 0.3 is 5.69 Å². The van der Waals surface area contributed by atoms with Gasteiger partial charge in [0.1, 0.15) is 0 Å². The minimum Gasteiger partial charge on any atom is -0.477 e. The van der Waals surface area contributed by atoms with Crippen LogP contribution in [0.15, 0.2) is 40.9 Å². The molecule has 6 nitrogen and oxygen atoms in total. The molecule has 23 heavy (non-hydrogen) atoms. The first-order valence-electron chi connectivity index (χ1n) is 6.81. The monoisotopic (exact) mass is 378 g/mol. The number of benzene rings is 2. The number of nitrogens with zero attached hydrogens (tertiary/aromatic N) is 1. The molecule has 2 rings (SSSR count). The van der Waals surface area contributed by atoms with E-state index in [0.717, 1.165) is 10.0 Å². The zero-order valence-corrected chi connectivity index (χ0v) is 14.2. The number of hydrogen-bond donors (Lipinski definition) is 1. The standard InChI is InChI=1S/C16H15BrN2O4/c1-10-7-11(2)16(14(8-10)19(21)22)23-9-15(20)18-13-6-4-3-5-12(13)17/h3-8H,9H2,1-2H3,(H,18,20). The van der Waals surface area contributed by atoms with E-state index in [1.54, 1.807) is 38.1 Å². The number of rotatable bonds is 5. The molecule has 0 aliphatic carbocycles. The second kappa shape index (κ2) is 7.23. The summed E-state index contributed by atoms with van der Waals surface area (Å²) in [4.78, 5) is 22.6.